The van der Waals surface area contributed by atoms with E-state index >= 15 is 0 Å². The third-order valence-corrected chi connectivity index (χ3v) is 6.70. The Bertz CT molecular complexity index is 1290. The molecule has 7 heteroatoms. The number of hydrogen-bond donors (Lipinski definition) is 3. The Morgan fingerprint density at radius 2 is 1.50 bits per heavy atom. The highest BCUT2D eigenvalue weighted by Crippen LogP contribution is 2.30. The maximum absolute atomic E-state index is 13.7. The van der Waals surface area contributed by atoms with E-state index in [1.54, 1.807) is 33.1 Å². The van der Waals surface area contributed by atoms with Crippen molar-refractivity contribution in [2.45, 2.75) is 63.8 Å². The summed E-state index contributed by atoms with van der Waals surface area (Å²) in [4.78, 5) is 26.5. The number of fused-ring (bicyclic) bond motifs is 1. The van der Waals surface area contributed by atoms with Crippen molar-refractivity contribution in [1.29, 1.82) is 0 Å². The summed E-state index contributed by atoms with van der Waals surface area (Å²) in [7, 11) is 0. The van der Waals surface area contributed by atoms with Gasteiger partial charge in [0, 0.05) is 11.5 Å². The summed E-state index contributed by atoms with van der Waals surface area (Å²) in [6.45, 7) is 5.37. The minimum Gasteiger partial charge on any atom is -0.465 e. The Balaban J connectivity index is 1.54. The van der Waals surface area contributed by atoms with Crippen molar-refractivity contribution in [3.05, 3.63) is 114 Å². The molecule has 0 fully saturated rings. The molecule has 0 unspecified atom stereocenters. The van der Waals surface area contributed by atoms with Crippen molar-refractivity contribution in [3.63, 3.8) is 0 Å². The van der Waals surface area contributed by atoms with E-state index in [0.717, 1.165) is 16.7 Å². The van der Waals surface area contributed by atoms with Crippen LogP contribution in [0, 0.1) is 5.92 Å². The van der Waals surface area contributed by atoms with Crippen LogP contribution < -0.4 is 15.4 Å². The van der Waals surface area contributed by atoms with E-state index in [-0.39, 0.29) is 18.4 Å². The van der Waals surface area contributed by atoms with Gasteiger partial charge in [-0.15, -0.1) is 0 Å². The molecule has 0 aliphatic carbocycles. The largest absolute Gasteiger partial charge is 0.465 e. The van der Waals surface area contributed by atoms with Gasteiger partial charge in [-0.2, -0.15) is 0 Å². The third-order valence-electron chi connectivity index (χ3n) is 6.70. The van der Waals surface area contributed by atoms with Crippen molar-refractivity contribution < 1.29 is 24.2 Å². The monoisotopic (exact) mass is 542 g/mol. The summed E-state index contributed by atoms with van der Waals surface area (Å²) in [6.07, 6.45) is 2.72. The number of ether oxygens (including phenoxy) is 2. The minimum atomic E-state index is -1.01. The highest BCUT2D eigenvalue weighted by atomic mass is 16.6. The lowest BCUT2D eigenvalue weighted by molar-refractivity contribution is -0.126. The van der Waals surface area contributed by atoms with Crippen molar-refractivity contribution in [1.82, 2.24) is 10.6 Å². The fraction of sp³-hybridized carbons (Fsp3) is 0.333. The van der Waals surface area contributed by atoms with Gasteiger partial charge < -0.3 is 25.2 Å². The van der Waals surface area contributed by atoms with Gasteiger partial charge in [0.25, 0.3) is 0 Å². The standard InChI is InChI=1S/C33H38N2O5/c1-33(2,3)40-32(38)35-28(21-24-14-8-5-9-15-24)29(36)22-25(20-23-12-6-4-7-13-23)31(37)34-27-18-19-39-30-17-11-10-16-26(27)30/h4-19,25,27-29,36H,20-22H2,1-3H3,(H,34,37)(H,35,38)/t25-,27+,28+,29+/m1/s1. The van der Waals surface area contributed by atoms with Gasteiger partial charge in [-0.05, 0) is 63.3 Å². The second-order valence-electron chi connectivity index (χ2n) is 11.1. The summed E-state index contributed by atoms with van der Waals surface area (Å²) < 4.78 is 11.1. The number of benzene rings is 3. The number of nitrogens with one attached hydrogen (secondary N) is 2. The quantitative estimate of drug-likeness (QED) is 0.315. The second-order valence-corrected chi connectivity index (χ2v) is 11.1. The molecular formula is C33H38N2O5. The number of aliphatic hydroxyl groups is 1. The summed E-state index contributed by atoms with van der Waals surface area (Å²) >= 11 is 0. The van der Waals surface area contributed by atoms with Crippen molar-refractivity contribution >= 4 is 12.0 Å². The first-order chi connectivity index (χ1) is 19.2. The lowest BCUT2D eigenvalue weighted by Gasteiger charge is -2.30. The Morgan fingerprint density at radius 3 is 2.15 bits per heavy atom. The van der Waals surface area contributed by atoms with Gasteiger partial charge >= 0.3 is 6.09 Å². The lowest BCUT2D eigenvalue weighted by atomic mass is 9.88. The number of amides is 2. The molecule has 1 heterocycles. The molecule has 2 amide bonds. The molecule has 3 aromatic rings. The Kier molecular flexibility index (Phi) is 9.61. The summed E-state index contributed by atoms with van der Waals surface area (Å²) in [5.41, 5.74) is 2.12. The van der Waals surface area contributed by atoms with Crippen LogP contribution in [0.15, 0.2) is 97.3 Å². The molecule has 1 aliphatic heterocycles. The van der Waals surface area contributed by atoms with E-state index in [1.807, 2.05) is 84.9 Å². The molecule has 0 aromatic heterocycles. The molecule has 40 heavy (non-hydrogen) atoms. The number of para-hydroxylation sites is 1. The summed E-state index contributed by atoms with van der Waals surface area (Å²) in [6, 6.07) is 25.9. The van der Waals surface area contributed by atoms with Gasteiger partial charge in [-0.25, -0.2) is 4.79 Å². The van der Waals surface area contributed by atoms with Crippen molar-refractivity contribution in [3.8, 4) is 5.75 Å². The molecule has 1 aliphatic rings. The average Bonchev–Trinajstić information content (AvgIpc) is 2.92. The van der Waals surface area contributed by atoms with E-state index in [2.05, 4.69) is 10.6 Å². The molecule has 4 atom stereocenters. The number of carbonyl (C=O) groups excluding carboxylic acids is 2. The number of alkyl carbamates (subject to hydrolysis) is 1. The van der Waals surface area contributed by atoms with Gasteiger partial charge in [0.2, 0.25) is 5.91 Å². The molecule has 3 N–H and O–H groups in total. The van der Waals surface area contributed by atoms with Crippen molar-refractivity contribution in [2.75, 3.05) is 0 Å². The van der Waals surface area contributed by atoms with Crippen LogP contribution in [0.5, 0.6) is 5.75 Å². The molecule has 3 aromatic carbocycles. The van der Waals surface area contributed by atoms with E-state index in [9.17, 15) is 14.7 Å². The van der Waals surface area contributed by atoms with Gasteiger partial charge in [-0.3, -0.25) is 4.79 Å². The molecule has 0 radical (unpaired) electrons. The zero-order valence-electron chi connectivity index (χ0n) is 23.2. The predicted octanol–water partition coefficient (Wildman–Crippen LogP) is 5.50. The lowest BCUT2D eigenvalue weighted by Crippen LogP contribution is -2.48. The van der Waals surface area contributed by atoms with E-state index < -0.39 is 29.8 Å². The van der Waals surface area contributed by atoms with Gasteiger partial charge in [-0.1, -0.05) is 78.9 Å². The fourth-order valence-electron chi connectivity index (χ4n) is 4.78. The van der Waals surface area contributed by atoms with Crippen LogP contribution in [0.2, 0.25) is 0 Å². The highest BCUT2D eigenvalue weighted by molar-refractivity contribution is 5.80. The van der Waals surface area contributed by atoms with Gasteiger partial charge in [0.15, 0.2) is 0 Å². The number of rotatable bonds is 10. The maximum atomic E-state index is 13.7. The first-order valence-corrected chi connectivity index (χ1v) is 13.7. The first-order valence-electron chi connectivity index (χ1n) is 13.7. The van der Waals surface area contributed by atoms with Crippen LogP contribution >= 0.6 is 0 Å². The van der Waals surface area contributed by atoms with Crippen LogP contribution in [-0.2, 0) is 22.4 Å². The minimum absolute atomic E-state index is 0.141. The van der Waals surface area contributed by atoms with Crippen LogP contribution in [-0.4, -0.2) is 34.9 Å². The number of carbonyl (C=O) groups is 2. The normalized spacial score (nSPS) is 16.6. The summed E-state index contributed by atoms with van der Waals surface area (Å²) in [5, 5.41) is 17.5. The van der Waals surface area contributed by atoms with Gasteiger partial charge in [0.05, 0.1) is 24.4 Å². The summed E-state index contributed by atoms with van der Waals surface area (Å²) in [5.74, 6) is -0.0519. The van der Waals surface area contributed by atoms with Crippen LogP contribution in [0.3, 0.4) is 0 Å². The zero-order chi connectivity index (χ0) is 28.5. The van der Waals surface area contributed by atoms with E-state index in [4.69, 9.17) is 9.47 Å². The maximum Gasteiger partial charge on any atom is 0.407 e. The van der Waals surface area contributed by atoms with Crippen LogP contribution in [0.4, 0.5) is 4.79 Å². The van der Waals surface area contributed by atoms with Crippen LogP contribution in [0.25, 0.3) is 0 Å². The predicted molar refractivity (Wildman–Crippen MR) is 155 cm³/mol. The number of aliphatic hydroxyl groups excluding tert-OH is 1. The highest BCUT2D eigenvalue weighted by Gasteiger charge is 2.31. The third kappa shape index (κ3) is 8.45. The zero-order valence-corrected chi connectivity index (χ0v) is 23.2. The Morgan fingerprint density at radius 1 is 0.900 bits per heavy atom. The molecule has 4 rings (SSSR count). The molecule has 0 saturated heterocycles. The molecule has 0 saturated carbocycles. The van der Waals surface area contributed by atoms with Crippen molar-refractivity contribution in [2.24, 2.45) is 5.92 Å². The fourth-order valence-corrected chi connectivity index (χ4v) is 4.78. The SMILES string of the molecule is CC(C)(C)OC(=O)N[C@@H](Cc1ccccc1)[C@@H](O)C[C@@H](Cc1ccccc1)C(=O)N[C@H]1C=COc2ccccc21. The van der Waals surface area contributed by atoms with E-state index in [0.29, 0.717) is 18.6 Å². The number of hydrogen-bond acceptors (Lipinski definition) is 5. The molecule has 0 spiro atoms. The average molecular weight is 543 g/mol. The van der Waals surface area contributed by atoms with E-state index in [1.165, 1.54) is 0 Å². The van der Waals surface area contributed by atoms with Crippen LogP contribution in [0.1, 0.15) is 49.9 Å². The molecule has 0 bridgehead atoms. The molecule has 7 nitrogen and oxygen atoms in total. The first kappa shape index (κ1) is 28.9. The molecule has 210 valence electrons. The Hall–Kier alpha value is -4.10. The molecular weight excluding hydrogens is 504 g/mol. The second kappa shape index (κ2) is 13.3. The topological polar surface area (TPSA) is 96.9 Å². The van der Waals surface area contributed by atoms with Gasteiger partial charge in [0.1, 0.15) is 11.4 Å². The smallest absolute Gasteiger partial charge is 0.407 e. The Labute approximate surface area is 236 Å².